The summed E-state index contributed by atoms with van der Waals surface area (Å²) in [5.74, 6) is 0.874. The molecular weight excluding hydrogens is 264 g/mol. The minimum absolute atomic E-state index is 0.130. The molecule has 1 unspecified atom stereocenters. The lowest BCUT2D eigenvalue weighted by Gasteiger charge is -2.28. The van der Waals surface area contributed by atoms with E-state index < -0.39 is 5.97 Å². The lowest BCUT2D eigenvalue weighted by atomic mass is 9.78. The van der Waals surface area contributed by atoms with E-state index in [1.165, 1.54) is 35.1 Å². The summed E-state index contributed by atoms with van der Waals surface area (Å²) in [4.78, 5) is 11.3. The van der Waals surface area contributed by atoms with Crippen molar-refractivity contribution in [2.24, 2.45) is 5.92 Å². The van der Waals surface area contributed by atoms with E-state index in [9.17, 15) is 9.90 Å². The summed E-state index contributed by atoms with van der Waals surface area (Å²) in [7, 11) is 1.71. The molecule has 0 heterocycles. The number of aryl methyl sites for hydroxylation is 1. The third-order valence-corrected chi connectivity index (χ3v) is 5.06. The van der Waals surface area contributed by atoms with Crippen LogP contribution in [0, 0.1) is 12.8 Å². The molecule has 1 N–H and O–H groups in total. The minimum Gasteiger partial charge on any atom is -0.496 e. The van der Waals surface area contributed by atoms with Gasteiger partial charge in [-0.2, -0.15) is 0 Å². The van der Waals surface area contributed by atoms with Crippen molar-refractivity contribution in [2.45, 2.75) is 57.8 Å². The summed E-state index contributed by atoms with van der Waals surface area (Å²) < 4.78 is 5.64. The zero-order valence-corrected chi connectivity index (χ0v) is 12.9. The Morgan fingerprint density at radius 1 is 1.33 bits per heavy atom. The van der Waals surface area contributed by atoms with Crippen molar-refractivity contribution in [1.29, 1.82) is 0 Å². The summed E-state index contributed by atoms with van der Waals surface area (Å²) in [5, 5.41) is 9.30. The maximum absolute atomic E-state index is 11.3. The molecule has 0 spiro atoms. The molecule has 2 aliphatic carbocycles. The van der Waals surface area contributed by atoms with Gasteiger partial charge in [0.05, 0.1) is 13.5 Å². The molecule has 2 aliphatic rings. The number of benzene rings is 1. The van der Waals surface area contributed by atoms with Gasteiger partial charge in [-0.15, -0.1) is 0 Å². The van der Waals surface area contributed by atoms with Gasteiger partial charge in [0.15, 0.2) is 0 Å². The van der Waals surface area contributed by atoms with Crippen molar-refractivity contribution in [2.75, 3.05) is 7.11 Å². The second kappa shape index (κ2) is 5.70. The van der Waals surface area contributed by atoms with E-state index in [0.29, 0.717) is 5.92 Å². The molecule has 3 nitrogen and oxygen atoms in total. The first-order valence-corrected chi connectivity index (χ1v) is 8.02. The molecule has 0 aromatic heterocycles. The molecule has 0 aliphatic heterocycles. The molecule has 0 saturated heterocycles. The summed E-state index contributed by atoms with van der Waals surface area (Å²) in [6, 6.07) is 2.12. The van der Waals surface area contributed by atoms with Gasteiger partial charge in [-0.1, -0.05) is 0 Å². The van der Waals surface area contributed by atoms with Crippen LogP contribution in [0.2, 0.25) is 0 Å². The lowest BCUT2D eigenvalue weighted by Crippen LogP contribution is -2.16. The standard InChI is InChI=1S/C18H24O3/c1-11-9-16(21-2)18(14-6-4-3-5-13(11)14)15(10-17(19)20)12-7-8-12/h9,12,15H,3-8,10H2,1-2H3,(H,19,20). The highest BCUT2D eigenvalue weighted by Gasteiger charge is 2.37. The van der Waals surface area contributed by atoms with Gasteiger partial charge in [-0.3, -0.25) is 4.79 Å². The number of rotatable bonds is 5. The number of hydrogen-bond acceptors (Lipinski definition) is 2. The number of carboxylic acid groups (broad SMARTS) is 1. The number of carbonyl (C=O) groups is 1. The molecule has 0 amide bonds. The molecular formula is C18H24O3. The Bertz CT molecular complexity index is 558. The molecule has 3 heteroatoms. The highest BCUT2D eigenvalue weighted by Crippen LogP contribution is 2.50. The Kier molecular flexibility index (Phi) is 3.92. The fourth-order valence-electron chi connectivity index (χ4n) is 3.91. The zero-order chi connectivity index (χ0) is 15.0. The normalized spacial score (nSPS) is 19.0. The van der Waals surface area contributed by atoms with Gasteiger partial charge in [-0.05, 0) is 74.1 Å². The first-order valence-electron chi connectivity index (χ1n) is 8.02. The van der Waals surface area contributed by atoms with Crippen molar-refractivity contribution in [3.05, 3.63) is 28.3 Å². The van der Waals surface area contributed by atoms with Gasteiger partial charge in [0.2, 0.25) is 0 Å². The zero-order valence-electron chi connectivity index (χ0n) is 12.9. The average molecular weight is 288 g/mol. The molecule has 1 aromatic rings. The van der Waals surface area contributed by atoms with E-state index in [4.69, 9.17) is 4.74 Å². The van der Waals surface area contributed by atoms with E-state index in [0.717, 1.165) is 31.4 Å². The summed E-state index contributed by atoms with van der Waals surface area (Å²) in [6.45, 7) is 2.15. The SMILES string of the molecule is COc1cc(C)c2c(c1C(CC(=O)O)C1CC1)CCCC2. The van der Waals surface area contributed by atoms with Gasteiger partial charge < -0.3 is 9.84 Å². The monoisotopic (exact) mass is 288 g/mol. The largest absolute Gasteiger partial charge is 0.496 e. The number of ether oxygens (including phenoxy) is 1. The third-order valence-electron chi connectivity index (χ3n) is 5.06. The summed E-state index contributed by atoms with van der Waals surface area (Å²) in [6.07, 6.45) is 7.20. The van der Waals surface area contributed by atoms with E-state index in [1.54, 1.807) is 7.11 Å². The van der Waals surface area contributed by atoms with E-state index in [-0.39, 0.29) is 12.3 Å². The predicted octanol–water partition coefficient (Wildman–Crippen LogP) is 3.85. The Labute approximate surface area is 126 Å². The van der Waals surface area contributed by atoms with E-state index in [1.807, 2.05) is 0 Å². The van der Waals surface area contributed by atoms with Crippen molar-refractivity contribution < 1.29 is 14.6 Å². The Morgan fingerprint density at radius 2 is 2.00 bits per heavy atom. The van der Waals surface area contributed by atoms with Crippen LogP contribution >= 0.6 is 0 Å². The first kappa shape index (κ1) is 14.4. The molecule has 0 radical (unpaired) electrons. The fraction of sp³-hybridized carbons (Fsp3) is 0.611. The van der Waals surface area contributed by atoms with Crippen LogP contribution < -0.4 is 4.74 Å². The van der Waals surface area contributed by atoms with Crippen LogP contribution in [-0.4, -0.2) is 18.2 Å². The summed E-state index contributed by atoms with van der Waals surface area (Å²) >= 11 is 0. The quantitative estimate of drug-likeness (QED) is 0.895. The van der Waals surface area contributed by atoms with Crippen LogP contribution in [0.1, 0.15) is 60.3 Å². The maximum atomic E-state index is 11.3. The Balaban J connectivity index is 2.11. The first-order chi connectivity index (χ1) is 10.1. The van der Waals surface area contributed by atoms with Crippen LogP contribution in [0.15, 0.2) is 6.07 Å². The average Bonchev–Trinajstić information content (AvgIpc) is 3.29. The number of fused-ring (bicyclic) bond motifs is 1. The highest BCUT2D eigenvalue weighted by molar-refractivity contribution is 5.69. The van der Waals surface area contributed by atoms with Gasteiger partial charge in [0.25, 0.3) is 0 Å². The van der Waals surface area contributed by atoms with Gasteiger partial charge in [-0.25, -0.2) is 0 Å². The fourth-order valence-corrected chi connectivity index (χ4v) is 3.91. The molecule has 114 valence electrons. The van der Waals surface area contributed by atoms with Crippen LogP contribution in [0.25, 0.3) is 0 Å². The summed E-state index contributed by atoms with van der Waals surface area (Å²) in [5.41, 5.74) is 5.36. The molecule has 21 heavy (non-hydrogen) atoms. The maximum Gasteiger partial charge on any atom is 0.303 e. The van der Waals surface area contributed by atoms with Gasteiger partial charge in [0.1, 0.15) is 5.75 Å². The second-order valence-corrected chi connectivity index (χ2v) is 6.52. The number of hydrogen-bond donors (Lipinski definition) is 1. The van der Waals surface area contributed by atoms with Crippen LogP contribution in [0.4, 0.5) is 0 Å². The van der Waals surface area contributed by atoms with E-state index >= 15 is 0 Å². The number of carboxylic acids is 1. The molecule has 1 saturated carbocycles. The topological polar surface area (TPSA) is 46.5 Å². The van der Waals surface area contributed by atoms with Gasteiger partial charge in [0, 0.05) is 11.5 Å². The molecule has 3 rings (SSSR count). The smallest absolute Gasteiger partial charge is 0.303 e. The van der Waals surface area contributed by atoms with Crippen LogP contribution in [0.3, 0.4) is 0 Å². The second-order valence-electron chi connectivity index (χ2n) is 6.52. The van der Waals surface area contributed by atoms with Crippen molar-refractivity contribution in [3.8, 4) is 5.75 Å². The van der Waals surface area contributed by atoms with Crippen LogP contribution in [-0.2, 0) is 17.6 Å². The van der Waals surface area contributed by atoms with Crippen molar-refractivity contribution in [1.82, 2.24) is 0 Å². The van der Waals surface area contributed by atoms with E-state index in [2.05, 4.69) is 13.0 Å². The predicted molar refractivity (Wildman–Crippen MR) is 82.1 cm³/mol. The third kappa shape index (κ3) is 2.78. The highest BCUT2D eigenvalue weighted by atomic mass is 16.5. The Hall–Kier alpha value is -1.51. The molecule has 0 bridgehead atoms. The number of aliphatic carboxylic acids is 1. The number of methoxy groups -OCH3 is 1. The Morgan fingerprint density at radius 3 is 2.57 bits per heavy atom. The van der Waals surface area contributed by atoms with Crippen molar-refractivity contribution in [3.63, 3.8) is 0 Å². The van der Waals surface area contributed by atoms with Gasteiger partial charge >= 0.3 is 5.97 Å². The van der Waals surface area contributed by atoms with Crippen LogP contribution in [0.5, 0.6) is 5.75 Å². The lowest BCUT2D eigenvalue weighted by molar-refractivity contribution is -0.137. The van der Waals surface area contributed by atoms with Crippen molar-refractivity contribution >= 4 is 5.97 Å². The molecule has 1 atom stereocenters. The molecule has 1 fully saturated rings. The minimum atomic E-state index is -0.695. The molecule has 1 aromatic carbocycles.